The van der Waals surface area contributed by atoms with Gasteiger partial charge >= 0.3 is 0 Å². The Bertz CT molecular complexity index is 1520. The number of hydrogen-bond donors (Lipinski definition) is 3. The molecule has 2 aromatic carbocycles. The van der Waals surface area contributed by atoms with Gasteiger partial charge in [-0.25, -0.2) is 22.2 Å². The summed E-state index contributed by atoms with van der Waals surface area (Å²) in [5.74, 6) is -0.651. The summed E-state index contributed by atoms with van der Waals surface area (Å²) in [4.78, 5) is 18.1. The van der Waals surface area contributed by atoms with E-state index in [1.807, 2.05) is 0 Å². The summed E-state index contributed by atoms with van der Waals surface area (Å²) in [6, 6.07) is 13.1. The number of anilines is 2. The molecule has 0 aliphatic heterocycles. The van der Waals surface area contributed by atoms with E-state index >= 15 is 0 Å². The molecule has 1 fully saturated rings. The van der Waals surface area contributed by atoms with E-state index in [2.05, 4.69) is 22.5 Å². The van der Waals surface area contributed by atoms with Gasteiger partial charge in [-0.2, -0.15) is 0 Å². The number of rotatable bonds is 15. The third-order valence-corrected chi connectivity index (χ3v) is 9.55. The zero-order chi connectivity index (χ0) is 32.0. The van der Waals surface area contributed by atoms with Crippen LogP contribution in [0.25, 0.3) is 0 Å². The molecular weight excluding hydrogens is 594 g/mol. The molecule has 3 aromatic rings. The Balaban J connectivity index is 1.58. The fourth-order valence-electron chi connectivity index (χ4n) is 4.38. The van der Waals surface area contributed by atoms with E-state index in [1.54, 1.807) is 44.2 Å². The number of aliphatic hydroxyl groups excluding tert-OH is 1. The molecule has 1 aliphatic carbocycles. The number of carbonyl (C=O) groups is 1. The molecule has 0 spiro atoms. The van der Waals surface area contributed by atoms with Crippen molar-refractivity contribution in [3.05, 3.63) is 77.9 Å². The minimum atomic E-state index is -3.76. The number of sulfonamides is 1. The molecule has 238 valence electrons. The van der Waals surface area contributed by atoms with Gasteiger partial charge in [0.25, 0.3) is 5.91 Å². The zero-order valence-corrected chi connectivity index (χ0v) is 25.9. The molecular formula is C31H38F2N4O6S. The van der Waals surface area contributed by atoms with Crippen LogP contribution in [0.4, 0.5) is 20.4 Å². The molecule has 1 aromatic heterocycles. The van der Waals surface area contributed by atoms with Gasteiger partial charge < -0.3 is 25.2 Å². The monoisotopic (exact) mass is 632 g/mol. The van der Waals surface area contributed by atoms with Crippen LogP contribution in [0.3, 0.4) is 0 Å². The Kier molecular flexibility index (Phi) is 10.6. The van der Waals surface area contributed by atoms with Crippen LogP contribution in [0.15, 0.2) is 60.7 Å². The smallest absolute Gasteiger partial charge is 0.251 e. The molecule has 0 bridgehead atoms. The van der Waals surface area contributed by atoms with Crippen LogP contribution >= 0.6 is 0 Å². The molecule has 4 unspecified atom stereocenters. The van der Waals surface area contributed by atoms with E-state index in [4.69, 9.17) is 9.47 Å². The summed E-state index contributed by atoms with van der Waals surface area (Å²) in [6.07, 6.45) is -0.251. The average Bonchev–Trinajstić information content (AvgIpc) is 3.70. The normalized spacial score (nSPS) is 17.5. The predicted octanol–water partition coefficient (Wildman–Crippen LogP) is 4.22. The number of halogens is 2. The SMILES string of the molecule is CC1CC1CNc1cc(C(=O)NC(COc2cc(F)cc(F)c2)C(O)COc2ccccc2)cc(N(C)S(=O)(=O)C(C)C)n1. The maximum atomic E-state index is 13.7. The summed E-state index contributed by atoms with van der Waals surface area (Å²) in [5.41, 5.74) is 0.0742. The first-order valence-electron chi connectivity index (χ1n) is 14.3. The molecule has 0 radical (unpaired) electrons. The summed E-state index contributed by atoms with van der Waals surface area (Å²) in [5, 5.41) is 16.2. The van der Waals surface area contributed by atoms with Gasteiger partial charge in [-0.05, 0) is 56.4 Å². The largest absolute Gasteiger partial charge is 0.491 e. The maximum absolute atomic E-state index is 13.7. The highest BCUT2D eigenvalue weighted by molar-refractivity contribution is 7.93. The Hall–Kier alpha value is -3.97. The minimum Gasteiger partial charge on any atom is -0.491 e. The van der Waals surface area contributed by atoms with E-state index in [0.717, 1.165) is 22.9 Å². The Labute approximate surface area is 256 Å². The molecule has 1 saturated carbocycles. The number of nitrogens with one attached hydrogen (secondary N) is 2. The van der Waals surface area contributed by atoms with Gasteiger partial charge in [0.2, 0.25) is 10.0 Å². The highest BCUT2D eigenvalue weighted by Crippen LogP contribution is 2.37. The lowest BCUT2D eigenvalue weighted by Gasteiger charge is -2.25. The van der Waals surface area contributed by atoms with Gasteiger partial charge in [0.15, 0.2) is 0 Å². The zero-order valence-electron chi connectivity index (χ0n) is 25.0. The van der Waals surface area contributed by atoms with Crippen molar-refractivity contribution in [2.45, 2.75) is 44.6 Å². The fourth-order valence-corrected chi connectivity index (χ4v) is 5.36. The van der Waals surface area contributed by atoms with Crippen molar-refractivity contribution in [2.75, 3.05) is 36.4 Å². The molecule has 44 heavy (non-hydrogen) atoms. The predicted molar refractivity (Wildman–Crippen MR) is 164 cm³/mol. The number of aliphatic hydroxyl groups is 1. The average molecular weight is 633 g/mol. The topological polar surface area (TPSA) is 130 Å². The third kappa shape index (κ3) is 8.79. The number of benzene rings is 2. The van der Waals surface area contributed by atoms with Crippen LogP contribution in [0, 0.1) is 23.5 Å². The number of amides is 1. The van der Waals surface area contributed by atoms with Crippen LogP contribution in [0.5, 0.6) is 11.5 Å². The molecule has 1 amide bonds. The molecule has 1 aliphatic rings. The van der Waals surface area contributed by atoms with Crippen molar-refractivity contribution in [2.24, 2.45) is 11.8 Å². The quantitative estimate of drug-likeness (QED) is 0.227. The van der Waals surface area contributed by atoms with Crippen molar-refractivity contribution >= 4 is 27.6 Å². The minimum absolute atomic E-state index is 0.0358. The number of aromatic nitrogens is 1. The van der Waals surface area contributed by atoms with E-state index in [-0.39, 0.29) is 30.3 Å². The number of carbonyl (C=O) groups excluding carboxylic acids is 1. The summed E-state index contributed by atoms with van der Waals surface area (Å²) in [6.45, 7) is 5.23. The Morgan fingerprint density at radius 3 is 2.30 bits per heavy atom. The van der Waals surface area contributed by atoms with Gasteiger partial charge in [0, 0.05) is 37.4 Å². The lowest BCUT2D eigenvalue weighted by Crippen LogP contribution is -2.49. The van der Waals surface area contributed by atoms with Crippen LogP contribution in [-0.2, 0) is 10.0 Å². The maximum Gasteiger partial charge on any atom is 0.251 e. The van der Waals surface area contributed by atoms with E-state index < -0.39 is 45.0 Å². The van der Waals surface area contributed by atoms with Gasteiger partial charge in [0.05, 0.1) is 11.3 Å². The molecule has 3 N–H and O–H groups in total. The second kappa shape index (κ2) is 14.2. The summed E-state index contributed by atoms with van der Waals surface area (Å²) < 4.78 is 65.6. The Morgan fingerprint density at radius 2 is 1.68 bits per heavy atom. The first-order chi connectivity index (χ1) is 20.8. The van der Waals surface area contributed by atoms with Crippen LogP contribution < -0.4 is 24.4 Å². The molecule has 10 nitrogen and oxygen atoms in total. The second-order valence-corrected chi connectivity index (χ2v) is 13.7. The summed E-state index contributed by atoms with van der Waals surface area (Å²) in [7, 11) is -2.39. The fraction of sp³-hybridized carbons (Fsp3) is 0.419. The van der Waals surface area contributed by atoms with Gasteiger partial charge in [-0.3, -0.25) is 9.10 Å². The van der Waals surface area contributed by atoms with Crippen molar-refractivity contribution in [1.29, 1.82) is 0 Å². The van der Waals surface area contributed by atoms with Gasteiger partial charge in [-0.1, -0.05) is 25.1 Å². The van der Waals surface area contributed by atoms with Gasteiger partial charge in [-0.15, -0.1) is 0 Å². The molecule has 4 rings (SSSR count). The first kappa shape index (κ1) is 32.9. The van der Waals surface area contributed by atoms with Gasteiger partial charge in [0.1, 0.15) is 54.1 Å². The lowest BCUT2D eigenvalue weighted by atomic mass is 10.1. The van der Waals surface area contributed by atoms with E-state index in [1.165, 1.54) is 19.2 Å². The van der Waals surface area contributed by atoms with Crippen molar-refractivity contribution in [3.8, 4) is 11.5 Å². The first-order valence-corrected chi connectivity index (χ1v) is 15.8. The third-order valence-electron chi connectivity index (χ3n) is 7.41. The summed E-state index contributed by atoms with van der Waals surface area (Å²) >= 11 is 0. The number of nitrogens with zero attached hydrogens (tertiary/aromatic N) is 2. The number of hydrogen-bond acceptors (Lipinski definition) is 8. The van der Waals surface area contributed by atoms with E-state index in [0.29, 0.717) is 36.0 Å². The number of para-hydroxylation sites is 1. The lowest BCUT2D eigenvalue weighted by molar-refractivity contribution is 0.0494. The standard InChI is InChI=1S/C31H38F2N4O6S/c1-19(2)44(40,41)37(4)30-12-21(11-29(36-30)34-16-22-10-20(22)3)31(39)35-27(17-42-26-14-23(32)13-24(33)15-26)28(38)18-43-25-8-6-5-7-9-25/h5-9,11-15,19-20,22,27-28,38H,10,16-18H2,1-4H3,(H,34,36)(H,35,39). The second-order valence-electron chi connectivity index (χ2n) is 11.2. The highest BCUT2D eigenvalue weighted by atomic mass is 32.2. The van der Waals surface area contributed by atoms with Crippen molar-refractivity contribution in [1.82, 2.24) is 10.3 Å². The van der Waals surface area contributed by atoms with Crippen LogP contribution in [-0.4, -0.2) is 68.6 Å². The molecule has 13 heteroatoms. The number of ether oxygens (including phenoxy) is 2. The van der Waals surface area contributed by atoms with E-state index in [9.17, 15) is 27.1 Å². The Morgan fingerprint density at radius 1 is 1.05 bits per heavy atom. The number of pyridine rings is 1. The van der Waals surface area contributed by atoms with Crippen molar-refractivity contribution in [3.63, 3.8) is 0 Å². The molecule has 4 atom stereocenters. The molecule has 1 heterocycles. The highest BCUT2D eigenvalue weighted by Gasteiger charge is 2.32. The van der Waals surface area contributed by atoms with Crippen LogP contribution in [0.1, 0.15) is 37.6 Å². The van der Waals surface area contributed by atoms with Crippen molar-refractivity contribution < 1.29 is 36.6 Å². The van der Waals surface area contributed by atoms with Crippen LogP contribution in [0.2, 0.25) is 0 Å². The molecule has 0 saturated heterocycles.